The van der Waals surface area contributed by atoms with Crippen molar-refractivity contribution in [2.24, 2.45) is 4.99 Å². The number of carbonyl (C=O) groups is 1. The van der Waals surface area contributed by atoms with E-state index in [1.165, 1.54) is 23.9 Å². The predicted molar refractivity (Wildman–Crippen MR) is 114 cm³/mol. The van der Waals surface area contributed by atoms with Gasteiger partial charge < -0.3 is 14.8 Å². The number of aromatic nitrogens is 1. The molecule has 1 aliphatic rings. The second-order valence-corrected chi connectivity index (χ2v) is 8.39. The number of nitrogens with one attached hydrogen (secondary N) is 1. The minimum absolute atomic E-state index is 0.207. The number of aromatic amines is 1. The molecule has 0 bridgehead atoms. The Morgan fingerprint density at radius 1 is 1.28 bits per heavy atom. The van der Waals surface area contributed by atoms with Crippen LogP contribution in [0.25, 0.3) is 10.9 Å². The van der Waals surface area contributed by atoms with Crippen LogP contribution in [0.15, 0.2) is 47.5 Å². The maximum absolute atomic E-state index is 13.4. The summed E-state index contributed by atoms with van der Waals surface area (Å²) in [6.45, 7) is 4.20. The molecule has 1 aliphatic heterocycles. The molecule has 1 aromatic heterocycles. The monoisotopic (exact) mass is 412 g/mol. The summed E-state index contributed by atoms with van der Waals surface area (Å²) in [5.41, 5.74) is 2.17. The molecule has 0 aliphatic carbocycles. The molecule has 0 fully saturated rings. The number of rotatable bonds is 6. The van der Waals surface area contributed by atoms with Crippen LogP contribution in [0.3, 0.4) is 0 Å². The van der Waals surface area contributed by atoms with Crippen LogP contribution in [0.4, 0.5) is 4.39 Å². The minimum atomic E-state index is -1.26. The number of fused-ring (bicyclic) bond motifs is 1. The number of aliphatic imine (C=N–C) groups is 1. The van der Waals surface area contributed by atoms with Gasteiger partial charge >= 0.3 is 5.97 Å². The number of H-pyrrole nitrogens is 1. The molecule has 7 heteroatoms. The van der Waals surface area contributed by atoms with Gasteiger partial charge in [-0.25, -0.2) is 9.18 Å². The summed E-state index contributed by atoms with van der Waals surface area (Å²) >= 11 is 1.41. The summed E-state index contributed by atoms with van der Waals surface area (Å²) in [6, 6.07) is 12.3. The Labute approximate surface area is 172 Å². The van der Waals surface area contributed by atoms with Crippen molar-refractivity contribution in [3.63, 3.8) is 0 Å². The Morgan fingerprint density at radius 3 is 2.76 bits per heavy atom. The van der Waals surface area contributed by atoms with Crippen LogP contribution in [0, 0.1) is 19.7 Å². The van der Waals surface area contributed by atoms with Crippen molar-refractivity contribution >= 4 is 33.7 Å². The first-order chi connectivity index (χ1) is 13.9. The van der Waals surface area contributed by atoms with Gasteiger partial charge in [-0.2, -0.15) is 0 Å². The molecule has 2 heterocycles. The van der Waals surface area contributed by atoms with Gasteiger partial charge in [0.25, 0.3) is 0 Å². The standard InChI is InChI=1S/C22H21FN2O3S/c1-13-4-3-5-14(2)20(13)28-11-19-25-22(12-29-19,21(26)27)10-17-8-15-6-7-16(23)9-18(15)24-17/h3-9,24H,10-12H2,1-2H3,(H,26,27). The number of para-hydroxylation sites is 1. The summed E-state index contributed by atoms with van der Waals surface area (Å²) in [7, 11) is 0. The minimum Gasteiger partial charge on any atom is -0.486 e. The highest BCUT2D eigenvalue weighted by molar-refractivity contribution is 8.14. The van der Waals surface area contributed by atoms with Crippen molar-refractivity contribution < 1.29 is 19.0 Å². The van der Waals surface area contributed by atoms with Gasteiger partial charge in [0.2, 0.25) is 0 Å². The van der Waals surface area contributed by atoms with Gasteiger partial charge in [0.1, 0.15) is 23.2 Å². The largest absolute Gasteiger partial charge is 0.486 e. The number of hydrogen-bond acceptors (Lipinski definition) is 4. The molecule has 2 aromatic carbocycles. The van der Waals surface area contributed by atoms with E-state index < -0.39 is 11.5 Å². The topological polar surface area (TPSA) is 74.7 Å². The van der Waals surface area contributed by atoms with Crippen LogP contribution >= 0.6 is 11.8 Å². The first kappa shape index (κ1) is 19.5. The normalized spacial score (nSPS) is 18.8. The zero-order valence-electron chi connectivity index (χ0n) is 16.2. The van der Waals surface area contributed by atoms with Gasteiger partial charge in [-0.1, -0.05) is 18.2 Å². The highest BCUT2D eigenvalue weighted by Gasteiger charge is 2.43. The van der Waals surface area contributed by atoms with Crippen molar-refractivity contribution in [3.05, 3.63) is 65.1 Å². The van der Waals surface area contributed by atoms with E-state index in [9.17, 15) is 14.3 Å². The second-order valence-electron chi connectivity index (χ2n) is 7.34. The summed E-state index contributed by atoms with van der Waals surface area (Å²) in [5, 5.41) is 11.4. The maximum Gasteiger partial charge on any atom is 0.332 e. The van der Waals surface area contributed by atoms with Crippen LogP contribution in [-0.4, -0.2) is 39.0 Å². The highest BCUT2D eigenvalue weighted by atomic mass is 32.2. The lowest BCUT2D eigenvalue weighted by atomic mass is 9.96. The Morgan fingerprint density at radius 2 is 2.03 bits per heavy atom. The molecule has 29 heavy (non-hydrogen) atoms. The second kappa shape index (κ2) is 7.55. The van der Waals surface area contributed by atoms with Crippen molar-refractivity contribution in [3.8, 4) is 5.75 Å². The van der Waals surface area contributed by atoms with Gasteiger partial charge in [0.05, 0.1) is 0 Å². The van der Waals surface area contributed by atoms with Gasteiger partial charge in [-0.15, -0.1) is 11.8 Å². The zero-order chi connectivity index (χ0) is 20.6. The zero-order valence-corrected chi connectivity index (χ0v) is 17.0. The molecule has 4 rings (SSSR count). The quantitative estimate of drug-likeness (QED) is 0.625. The first-order valence-corrected chi connectivity index (χ1v) is 10.3. The van der Waals surface area contributed by atoms with E-state index >= 15 is 0 Å². The maximum atomic E-state index is 13.4. The van der Waals surface area contributed by atoms with Crippen LogP contribution in [0.1, 0.15) is 16.8 Å². The lowest BCUT2D eigenvalue weighted by Crippen LogP contribution is -2.39. The fourth-order valence-corrected chi connectivity index (χ4v) is 4.66. The molecule has 0 amide bonds. The number of ether oxygens (including phenoxy) is 1. The average molecular weight is 412 g/mol. The molecule has 2 N–H and O–H groups in total. The molecule has 0 saturated carbocycles. The summed E-state index contributed by atoms with van der Waals surface area (Å²) in [5.74, 6) is -0.172. The van der Waals surface area contributed by atoms with Gasteiger partial charge in [0, 0.05) is 23.4 Å². The number of aryl methyl sites for hydroxylation is 2. The third-order valence-electron chi connectivity index (χ3n) is 5.09. The van der Waals surface area contributed by atoms with Gasteiger partial charge in [-0.3, -0.25) is 4.99 Å². The fourth-order valence-electron chi connectivity index (χ4n) is 3.59. The molecule has 3 aromatic rings. The number of hydrogen-bond donors (Lipinski definition) is 2. The predicted octanol–water partition coefficient (Wildman–Crippen LogP) is 4.51. The average Bonchev–Trinajstić information content (AvgIpc) is 3.25. The Bertz CT molecular complexity index is 1100. The van der Waals surface area contributed by atoms with E-state index in [0.717, 1.165) is 22.3 Å². The SMILES string of the molecule is Cc1cccc(C)c1OCC1=NC(Cc2cc3ccc(F)cc3[nH]2)(C(=O)O)CS1. The molecular formula is C22H21FN2O3S. The summed E-state index contributed by atoms with van der Waals surface area (Å²) in [6.07, 6.45) is 0.207. The summed E-state index contributed by atoms with van der Waals surface area (Å²) < 4.78 is 19.4. The molecule has 0 spiro atoms. The number of halogens is 1. The summed E-state index contributed by atoms with van der Waals surface area (Å²) in [4.78, 5) is 19.7. The van der Waals surface area contributed by atoms with E-state index in [0.29, 0.717) is 22.0 Å². The van der Waals surface area contributed by atoms with Crippen LogP contribution in [0.5, 0.6) is 5.75 Å². The first-order valence-electron chi connectivity index (χ1n) is 9.27. The number of carboxylic acids is 1. The molecule has 0 saturated heterocycles. The molecule has 5 nitrogen and oxygen atoms in total. The lowest BCUT2D eigenvalue weighted by molar-refractivity contribution is -0.142. The molecular weight excluding hydrogens is 391 g/mol. The molecule has 150 valence electrons. The van der Waals surface area contributed by atoms with Gasteiger partial charge in [-0.05, 0) is 54.6 Å². The number of nitrogens with zero attached hydrogens (tertiary/aromatic N) is 1. The van der Waals surface area contributed by atoms with Crippen molar-refractivity contribution in [2.75, 3.05) is 12.4 Å². The Hall–Kier alpha value is -2.80. The van der Waals surface area contributed by atoms with Crippen LogP contribution in [-0.2, 0) is 11.2 Å². The smallest absolute Gasteiger partial charge is 0.332 e. The number of aliphatic carboxylic acids is 1. The molecule has 1 atom stereocenters. The fraction of sp³-hybridized carbons (Fsp3) is 0.273. The van der Waals surface area contributed by atoms with Gasteiger partial charge in [0.15, 0.2) is 5.54 Å². The number of carboxylic acid groups (broad SMARTS) is 1. The number of thioether (sulfide) groups is 1. The molecule has 0 radical (unpaired) electrons. The van der Waals surface area contributed by atoms with E-state index in [1.54, 1.807) is 6.07 Å². The van der Waals surface area contributed by atoms with Crippen LogP contribution in [0.2, 0.25) is 0 Å². The van der Waals surface area contributed by atoms with Crippen molar-refractivity contribution in [1.82, 2.24) is 4.98 Å². The van der Waals surface area contributed by atoms with E-state index in [-0.39, 0.29) is 18.8 Å². The van der Waals surface area contributed by atoms with E-state index in [2.05, 4.69) is 9.98 Å². The third-order valence-corrected chi connectivity index (χ3v) is 6.25. The third kappa shape index (κ3) is 3.87. The van der Waals surface area contributed by atoms with Crippen molar-refractivity contribution in [1.29, 1.82) is 0 Å². The Kier molecular flexibility index (Phi) is 5.08. The number of benzene rings is 2. The molecule has 1 unspecified atom stereocenters. The highest BCUT2D eigenvalue weighted by Crippen LogP contribution is 2.33. The van der Waals surface area contributed by atoms with Crippen LogP contribution < -0.4 is 4.74 Å². The lowest BCUT2D eigenvalue weighted by Gasteiger charge is -2.19. The van der Waals surface area contributed by atoms with E-state index in [1.807, 2.05) is 38.1 Å². The van der Waals surface area contributed by atoms with E-state index in [4.69, 9.17) is 4.74 Å². The van der Waals surface area contributed by atoms with Crippen molar-refractivity contribution in [2.45, 2.75) is 25.8 Å². The Balaban J connectivity index is 1.55.